The van der Waals surface area contributed by atoms with Crippen molar-refractivity contribution in [2.45, 2.75) is 50.0 Å². The Morgan fingerprint density at radius 2 is 2.07 bits per heavy atom. The zero-order valence-electron chi connectivity index (χ0n) is 15.0. The van der Waals surface area contributed by atoms with E-state index in [0.717, 1.165) is 37.8 Å². The first-order valence-corrected chi connectivity index (χ1v) is 10.7. The average Bonchev–Trinajstić information content (AvgIpc) is 3.25. The van der Waals surface area contributed by atoms with Gasteiger partial charge in [0.1, 0.15) is 0 Å². The van der Waals surface area contributed by atoms with Gasteiger partial charge in [-0.25, -0.2) is 8.42 Å². The number of nitrogens with zero attached hydrogens (tertiary/aromatic N) is 2. The van der Waals surface area contributed by atoms with Crippen molar-refractivity contribution >= 4 is 15.7 Å². The number of anilines is 1. The van der Waals surface area contributed by atoms with Crippen LogP contribution in [-0.4, -0.2) is 19.7 Å². The lowest BCUT2D eigenvalue weighted by Crippen LogP contribution is -2.47. The molecule has 4 nitrogen and oxygen atoms in total. The lowest BCUT2D eigenvalue weighted by atomic mass is 9.76. The lowest BCUT2D eigenvalue weighted by molar-refractivity contribution is -0.137. The summed E-state index contributed by atoms with van der Waals surface area (Å²) in [7, 11) is -3.77. The molecule has 3 aliphatic rings. The van der Waals surface area contributed by atoms with Gasteiger partial charge in [0.05, 0.1) is 27.6 Å². The normalized spacial score (nSPS) is 33.9. The molecule has 146 valence electrons. The molecule has 4 rings (SSSR count). The van der Waals surface area contributed by atoms with E-state index in [1.165, 1.54) is 10.4 Å². The van der Waals surface area contributed by atoms with Crippen LogP contribution in [0.2, 0.25) is 0 Å². The fourth-order valence-electron chi connectivity index (χ4n) is 5.89. The van der Waals surface area contributed by atoms with E-state index < -0.39 is 32.1 Å². The van der Waals surface area contributed by atoms with E-state index in [9.17, 15) is 21.6 Å². The Morgan fingerprint density at radius 3 is 2.70 bits per heavy atom. The highest BCUT2D eigenvalue weighted by atomic mass is 32.2. The van der Waals surface area contributed by atoms with Crippen molar-refractivity contribution in [1.82, 2.24) is 0 Å². The molecule has 8 heteroatoms. The Hall–Kier alpha value is -1.75. The largest absolute Gasteiger partial charge is 0.417 e. The van der Waals surface area contributed by atoms with Crippen LogP contribution in [0.15, 0.2) is 18.2 Å². The van der Waals surface area contributed by atoms with Crippen LogP contribution in [0.25, 0.3) is 0 Å². The lowest BCUT2D eigenvalue weighted by Gasteiger charge is -2.37. The minimum Gasteiger partial charge on any atom is -0.269 e. The molecule has 2 saturated carbocycles. The number of benzene rings is 1. The van der Waals surface area contributed by atoms with Crippen molar-refractivity contribution in [2.24, 2.45) is 17.8 Å². The Balaban J connectivity index is 1.82. The van der Waals surface area contributed by atoms with E-state index in [2.05, 4.69) is 0 Å². The summed E-state index contributed by atoms with van der Waals surface area (Å²) in [5, 5.41) is 8.98. The van der Waals surface area contributed by atoms with Crippen LogP contribution in [0.1, 0.15) is 50.2 Å². The minimum atomic E-state index is -4.71. The molecule has 1 aromatic rings. The second kappa shape index (κ2) is 5.87. The number of rotatable bonds is 3. The Morgan fingerprint density at radius 1 is 1.33 bits per heavy atom. The minimum absolute atomic E-state index is 0.0191. The average molecular weight is 398 g/mol. The third-order valence-corrected chi connectivity index (χ3v) is 9.59. The Bertz CT molecular complexity index is 922. The first-order valence-electron chi connectivity index (χ1n) is 9.30. The van der Waals surface area contributed by atoms with Gasteiger partial charge < -0.3 is 0 Å². The number of halogens is 3. The number of hydrogen-bond acceptors (Lipinski definition) is 3. The fourth-order valence-corrected chi connectivity index (χ4v) is 8.79. The van der Waals surface area contributed by atoms with Gasteiger partial charge in [0.2, 0.25) is 10.0 Å². The van der Waals surface area contributed by atoms with Gasteiger partial charge in [-0.3, -0.25) is 4.31 Å². The smallest absolute Gasteiger partial charge is 0.269 e. The summed E-state index contributed by atoms with van der Waals surface area (Å²) in [5.41, 5.74) is -1.56. The molecule has 1 aliphatic heterocycles. The maximum Gasteiger partial charge on any atom is 0.417 e. The maximum atomic E-state index is 13.6. The van der Waals surface area contributed by atoms with Crippen LogP contribution in [0.4, 0.5) is 18.9 Å². The van der Waals surface area contributed by atoms with Gasteiger partial charge in [0, 0.05) is 12.5 Å². The predicted molar refractivity (Wildman–Crippen MR) is 94.4 cm³/mol. The number of nitriles is 1. The van der Waals surface area contributed by atoms with Crippen molar-refractivity contribution in [3.63, 3.8) is 0 Å². The third-order valence-electron chi connectivity index (χ3n) is 6.85. The molecular weight excluding hydrogens is 377 g/mol. The quantitative estimate of drug-likeness (QED) is 0.762. The first kappa shape index (κ1) is 18.6. The zero-order chi connectivity index (χ0) is 19.6. The molecule has 0 spiro atoms. The van der Waals surface area contributed by atoms with Gasteiger partial charge in [-0.15, -0.1) is 0 Å². The van der Waals surface area contributed by atoms with Crippen LogP contribution in [0.5, 0.6) is 0 Å². The molecular formula is C19H21F3N2O2S. The van der Waals surface area contributed by atoms with Gasteiger partial charge in [0.25, 0.3) is 0 Å². The van der Waals surface area contributed by atoms with E-state index in [1.54, 1.807) is 6.07 Å². The van der Waals surface area contributed by atoms with E-state index >= 15 is 0 Å². The number of sulfonamides is 1. The number of fused-ring (bicyclic) bond motifs is 5. The van der Waals surface area contributed by atoms with Crippen LogP contribution in [-0.2, 0) is 16.2 Å². The Kier molecular flexibility index (Phi) is 4.05. The molecule has 3 fully saturated rings. The van der Waals surface area contributed by atoms with Crippen molar-refractivity contribution in [1.29, 1.82) is 5.26 Å². The van der Waals surface area contributed by atoms with Gasteiger partial charge in [-0.1, -0.05) is 13.3 Å². The van der Waals surface area contributed by atoms with E-state index in [-0.39, 0.29) is 24.1 Å². The van der Waals surface area contributed by atoms with Crippen molar-refractivity contribution in [2.75, 3.05) is 10.8 Å². The molecule has 0 radical (unpaired) electrons. The molecule has 27 heavy (non-hydrogen) atoms. The summed E-state index contributed by atoms with van der Waals surface area (Å²) in [5.74, 6) is 0.413. The Labute approximate surface area is 157 Å². The monoisotopic (exact) mass is 398 g/mol. The SMILES string of the molecule is CCC[C@@]12[C@H]3CC[C@H](C3)[C@@H]1CN(c1ccc(C#N)c(C(F)(F)F)c1)S2(=O)=O. The van der Waals surface area contributed by atoms with Crippen LogP contribution < -0.4 is 4.31 Å². The van der Waals surface area contributed by atoms with Gasteiger partial charge in [-0.2, -0.15) is 18.4 Å². The van der Waals surface area contributed by atoms with Gasteiger partial charge in [-0.05, 0) is 55.7 Å². The summed E-state index contributed by atoms with van der Waals surface area (Å²) >= 11 is 0. The highest BCUT2D eigenvalue weighted by Crippen LogP contribution is 2.64. The highest BCUT2D eigenvalue weighted by molar-refractivity contribution is 7.94. The molecule has 0 aromatic heterocycles. The maximum absolute atomic E-state index is 13.6. The fraction of sp³-hybridized carbons (Fsp3) is 0.632. The molecule has 1 saturated heterocycles. The summed E-state index contributed by atoms with van der Waals surface area (Å²) in [4.78, 5) is 0. The molecule has 0 N–H and O–H groups in total. The second-order valence-electron chi connectivity index (χ2n) is 7.96. The van der Waals surface area contributed by atoms with Gasteiger partial charge >= 0.3 is 6.18 Å². The van der Waals surface area contributed by atoms with Gasteiger partial charge in [0.15, 0.2) is 0 Å². The standard InChI is InChI=1S/C19H21F3N2O2S/c1-2-7-18-14-5-3-12(8-14)17(18)11-24(27(18,25)26)15-6-4-13(10-23)16(9-15)19(20,21)22/h4,6,9,12,14,17H,2-3,5,7-8,11H2,1H3/t12-,14+,17+,18-/m1/s1. The number of hydrogen-bond donors (Lipinski definition) is 0. The summed E-state index contributed by atoms with van der Waals surface area (Å²) in [6.45, 7) is 2.20. The number of alkyl halides is 3. The predicted octanol–water partition coefficient (Wildman–Crippen LogP) is 4.31. The third kappa shape index (κ3) is 2.36. The molecule has 4 atom stereocenters. The van der Waals surface area contributed by atoms with E-state index in [4.69, 9.17) is 5.26 Å². The van der Waals surface area contributed by atoms with Crippen molar-refractivity contribution < 1.29 is 21.6 Å². The molecule has 0 unspecified atom stereocenters. The summed E-state index contributed by atoms with van der Waals surface area (Å²) in [6.07, 6.45) is -0.617. The van der Waals surface area contributed by atoms with Crippen LogP contribution in [0, 0.1) is 29.1 Å². The molecule has 0 amide bonds. The highest BCUT2D eigenvalue weighted by Gasteiger charge is 2.69. The van der Waals surface area contributed by atoms with E-state index in [0.29, 0.717) is 12.3 Å². The second-order valence-corrected chi connectivity index (χ2v) is 10.1. The molecule has 2 aliphatic carbocycles. The topological polar surface area (TPSA) is 61.2 Å². The summed E-state index contributed by atoms with van der Waals surface area (Å²) in [6, 6.07) is 4.76. The zero-order valence-corrected chi connectivity index (χ0v) is 15.8. The van der Waals surface area contributed by atoms with Crippen molar-refractivity contribution in [3.05, 3.63) is 29.3 Å². The van der Waals surface area contributed by atoms with Crippen LogP contribution >= 0.6 is 0 Å². The first-order chi connectivity index (χ1) is 12.7. The summed E-state index contributed by atoms with van der Waals surface area (Å²) < 4.78 is 67.5. The molecule has 2 bridgehead atoms. The van der Waals surface area contributed by atoms with E-state index in [1.807, 2.05) is 6.92 Å². The molecule has 1 aromatic carbocycles. The van der Waals surface area contributed by atoms with Crippen molar-refractivity contribution in [3.8, 4) is 6.07 Å². The molecule has 1 heterocycles. The van der Waals surface area contributed by atoms with Crippen LogP contribution in [0.3, 0.4) is 0 Å².